The maximum absolute atomic E-state index is 13.1. The lowest BCUT2D eigenvalue weighted by Crippen LogP contribution is -2.52. The van der Waals surface area contributed by atoms with Crippen LogP contribution in [0.25, 0.3) is 0 Å². The molecule has 0 unspecified atom stereocenters. The summed E-state index contributed by atoms with van der Waals surface area (Å²) in [4.78, 5) is 1.82. The molecule has 2 rings (SSSR count). The molecule has 1 aliphatic heterocycles. The monoisotopic (exact) mass is 275 g/mol. The molecule has 0 radical (unpaired) electrons. The molecule has 1 fully saturated rings. The van der Waals surface area contributed by atoms with Gasteiger partial charge < -0.3 is 14.7 Å². The van der Waals surface area contributed by atoms with Crippen LogP contribution < -0.4 is 0 Å². The van der Waals surface area contributed by atoms with E-state index in [1.165, 1.54) is 0 Å². The first-order valence-electron chi connectivity index (χ1n) is 5.96. The predicted octanol–water partition coefficient (Wildman–Crippen LogP) is 1.54. The van der Waals surface area contributed by atoms with Gasteiger partial charge in [0.25, 0.3) is 0 Å². The Morgan fingerprint density at radius 2 is 1.84 bits per heavy atom. The van der Waals surface area contributed by atoms with Crippen molar-refractivity contribution < 1.29 is 23.0 Å². The minimum Gasteiger partial charge on any atom is -0.396 e. The highest BCUT2D eigenvalue weighted by molar-refractivity contribution is 5.19. The van der Waals surface area contributed by atoms with Crippen LogP contribution in [0.1, 0.15) is 5.56 Å². The minimum absolute atomic E-state index is 0.00345. The molecular weight excluding hydrogens is 259 g/mol. The van der Waals surface area contributed by atoms with E-state index in [9.17, 15) is 18.3 Å². The maximum Gasteiger partial charge on any atom is 0.194 e. The van der Waals surface area contributed by atoms with E-state index in [0.29, 0.717) is 25.3 Å². The molecular formula is C13H16F3NO2. The van der Waals surface area contributed by atoms with Gasteiger partial charge in [0.2, 0.25) is 0 Å². The molecule has 1 aromatic carbocycles. The van der Waals surface area contributed by atoms with Gasteiger partial charge in [0, 0.05) is 13.1 Å². The second-order valence-electron chi connectivity index (χ2n) is 5.20. The van der Waals surface area contributed by atoms with E-state index in [4.69, 9.17) is 4.74 Å². The molecule has 6 heteroatoms. The van der Waals surface area contributed by atoms with Gasteiger partial charge in [0.1, 0.15) is 0 Å². The van der Waals surface area contributed by atoms with Gasteiger partial charge in [-0.05, 0) is 24.7 Å². The fourth-order valence-corrected chi connectivity index (χ4v) is 2.26. The van der Waals surface area contributed by atoms with Crippen molar-refractivity contribution in [3.8, 4) is 0 Å². The Kier molecular flexibility index (Phi) is 4.13. The molecule has 1 heterocycles. The molecule has 0 saturated carbocycles. The highest BCUT2D eigenvalue weighted by atomic mass is 19.2. The number of hydrogen-bond acceptors (Lipinski definition) is 3. The van der Waals surface area contributed by atoms with Gasteiger partial charge in [-0.1, -0.05) is 0 Å². The Morgan fingerprint density at radius 3 is 2.26 bits per heavy atom. The molecule has 1 N–H and O–H groups in total. The average molecular weight is 275 g/mol. The number of ether oxygens (including phenoxy) is 1. The number of halogens is 3. The van der Waals surface area contributed by atoms with Crippen molar-refractivity contribution >= 4 is 0 Å². The van der Waals surface area contributed by atoms with Crippen LogP contribution in [-0.2, 0) is 11.3 Å². The van der Waals surface area contributed by atoms with Crippen molar-refractivity contribution in [1.82, 2.24) is 4.90 Å². The van der Waals surface area contributed by atoms with Crippen molar-refractivity contribution in [3.63, 3.8) is 0 Å². The van der Waals surface area contributed by atoms with Gasteiger partial charge in [-0.3, -0.25) is 0 Å². The van der Waals surface area contributed by atoms with Crippen LogP contribution in [0.2, 0.25) is 0 Å². The topological polar surface area (TPSA) is 32.7 Å². The first-order valence-corrected chi connectivity index (χ1v) is 5.96. The first kappa shape index (κ1) is 14.3. The van der Waals surface area contributed by atoms with E-state index in [-0.39, 0.29) is 18.6 Å². The van der Waals surface area contributed by atoms with E-state index in [1.807, 2.05) is 4.90 Å². The lowest BCUT2D eigenvalue weighted by molar-refractivity contribution is -0.147. The summed E-state index contributed by atoms with van der Waals surface area (Å²) in [6.07, 6.45) is 0. The molecule has 1 saturated heterocycles. The van der Waals surface area contributed by atoms with Crippen molar-refractivity contribution in [2.24, 2.45) is 5.41 Å². The molecule has 1 aliphatic rings. The normalized spacial score (nSPS) is 17.6. The number of benzene rings is 1. The summed E-state index contributed by atoms with van der Waals surface area (Å²) in [5, 5.41) is 9.30. The van der Waals surface area contributed by atoms with Crippen molar-refractivity contribution in [1.29, 1.82) is 0 Å². The van der Waals surface area contributed by atoms with Crippen molar-refractivity contribution in [3.05, 3.63) is 35.1 Å². The number of aliphatic hydroxyl groups excluding tert-OH is 1. The largest absolute Gasteiger partial charge is 0.396 e. The van der Waals surface area contributed by atoms with Crippen LogP contribution in [0, 0.1) is 22.9 Å². The van der Waals surface area contributed by atoms with Crippen LogP contribution in [-0.4, -0.2) is 43.4 Å². The van der Waals surface area contributed by atoms with Crippen molar-refractivity contribution in [2.75, 3.05) is 33.4 Å². The lowest BCUT2D eigenvalue weighted by atomic mass is 9.86. The number of hydrogen-bond donors (Lipinski definition) is 1. The fraction of sp³-hybridized carbons (Fsp3) is 0.538. The molecule has 0 atom stereocenters. The summed E-state index contributed by atoms with van der Waals surface area (Å²) in [7, 11) is 1.77. The van der Waals surface area contributed by atoms with Crippen LogP contribution in [0.5, 0.6) is 0 Å². The summed E-state index contributed by atoms with van der Waals surface area (Å²) in [6.45, 7) is 1.77. The molecule has 3 nitrogen and oxygen atoms in total. The average Bonchev–Trinajstić information content (AvgIpc) is 2.30. The first-order chi connectivity index (χ1) is 8.96. The van der Waals surface area contributed by atoms with Gasteiger partial charge in [-0.15, -0.1) is 0 Å². The quantitative estimate of drug-likeness (QED) is 0.828. The summed E-state index contributed by atoms with van der Waals surface area (Å²) >= 11 is 0. The number of rotatable bonds is 5. The van der Waals surface area contributed by atoms with Gasteiger partial charge in [-0.25, -0.2) is 13.2 Å². The Labute approximate surface area is 109 Å². The Hall–Kier alpha value is -1.11. The Balaban J connectivity index is 2.01. The van der Waals surface area contributed by atoms with Gasteiger partial charge in [-0.2, -0.15) is 0 Å². The van der Waals surface area contributed by atoms with E-state index in [1.54, 1.807) is 7.05 Å². The fourth-order valence-electron chi connectivity index (χ4n) is 2.26. The number of nitrogens with zero attached hydrogens (tertiary/aromatic N) is 1. The highest BCUT2D eigenvalue weighted by Gasteiger charge is 2.38. The van der Waals surface area contributed by atoms with E-state index >= 15 is 0 Å². The van der Waals surface area contributed by atoms with E-state index < -0.39 is 17.5 Å². The van der Waals surface area contributed by atoms with Gasteiger partial charge in [0.05, 0.1) is 25.2 Å². The zero-order valence-electron chi connectivity index (χ0n) is 10.6. The second kappa shape index (κ2) is 5.48. The standard InChI is InChI=1S/C13H16F3NO2/c1-17(5-13(6-18)7-19-8-13)4-9-2-10(14)12(16)11(15)3-9/h2-3,18H,4-8H2,1H3. The Bertz CT molecular complexity index is 435. The summed E-state index contributed by atoms with van der Waals surface area (Å²) in [5.74, 6) is -3.83. The zero-order chi connectivity index (χ0) is 14.0. The molecule has 0 aliphatic carbocycles. The molecule has 1 aromatic rings. The second-order valence-corrected chi connectivity index (χ2v) is 5.20. The molecule has 19 heavy (non-hydrogen) atoms. The summed E-state index contributed by atoms with van der Waals surface area (Å²) in [6, 6.07) is 1.97. The summed E-state index contributed by atoms with van der Waals surface area (Å²) < 4.78 is 44.1. The predicted molar refractivity (Wildman–Crippen MR) is 63.0 cm³/mol. The van der Waals surface area contributed by atoms with Gasteiger partial charge in [0.15, 0.2) is 17.5 Å². The van der Waals surface area contributed by atoms with Gasteiger partial charge >= 0.3 is 0 Å². The van der Waals surface area contributed by atoms with Crippen LogP contribution in [0.15, 0.2) is 12.1 Å². The molecule has 0 amide bonds. The lowest BCUT2D eigenvalue weighted by Gasteiger charge is -2.42. The van der Waals surface area contributed by atoms with Crippen molar-refractivity contribution in [2.45, 2.75) is 6.54 Å². The van der Waals surface area contributed by atoms with Crippen LogP contribution in [0.3, 0.4) is 0 Å². The zero-order valence-corrected chi connectivity index (χ0v) is 10.6. The van der Waals surface area contributed by atoms with Crippen LogP contribution in [0.4, 0.5) is 13.2 Å². The van der Waals surface area contributed by atoms with Crippen LogP contribution >= 0.6 is 0 Å². The Morgan fingerprint density at radius 1 is 1.26 bits per heavy atom. The third-order valence-electron chi connectivity index (χ3n) is 3.25. The molecule has 0 bridgehead atoms. The summed E-state index contributed by atoms with van der Waals surface area (Å²) in [5.41, 5.74) is 0.0542. The maximum atomic E-state index is 13.1. The minimum atomic E-state index is -1.45. The SMILES string of the molecule is CN(Cc1cc(F)c(F)c(F)c1)CC1(CO)COC1. The molecule has 106 valence electrons. The van der Waals surface area contributed by atoms with E-state index in [0.717, 1.165) is 12.1 Å². The number of aliphatic hydroxyl groups is 1. The third-order valence-corrected chi connectivity index (χ3v) is 3.25. The molecule has 0 spiro atoms. The smallest absolute Gasteiger partial charge is 0.194 e. The third kappa shape index (κ3) is 3.08. The van der Waals surface area contributed by atoms with E-state index in [2.05, 4.69) is 0 Å². The molecule has 0 aromatic heterocycles. The highest BCUT2D eigenvalue weighted by Crippen LogP contribution is 2.28.